The lowest BCUT2D eigenvalue weighted by Crippen LogP contribution is -2.41. The number of rotatable bonds is 10. The summed E-state index contributed by atoms with van der Waals surface area (Å²) in [5.41, 5.74) is 3.17. The summed E-state index contributed by atoms with van der Waals surface area (Å²) in [5, 5.41) is 0. The zero-order valence-electron chi connectivity index (χ0n) is 22.9. The highest BCUT2D eigenvalue weighted by molar-refractivity contribution is 7.07. The number of hydrogen-bond acceptors (Lipinski definition) is 6. The summed E-state index contributed by atoms with van der Waals surface area (Å²) in [6.07, 6.45) is 6.94. The van der Waals surface area contributed by atoms with Gasteiger partial charge in [-0.2, -0.15) is 0 Å². The van der Waals surface area contributed by atoms with E-state index in [4.69, 9.17) is 4.74 Å². The average Bonchev–Trinajstić information content (AvgIpc) is 3.43. The fourth-order valence-electron chi connectivity index (χ4n) is 5.39. The molecular formula is C32H33N3O4S. The highest BCUT2D eigenvalue weighted by Gasteiger charge is 2.37. The first-order valence-electron chi connectivity index (χ1n) is 13.8. The Labute approximate surface area is 237 Å². The van der Waals surface area contributed by atoms with Gasteiger partial charge in [-0.1, -0.05) is 105 Å². The third-order valence-electron chi connectivity index (χ3n) is 7.30. The molecule has 0 aliphatic carbocycles. The second-order valence-corrected chi connectivity index (χ2v) is 10.9. The van der Waals surface area contributed by atoms with Crippen molar-refractivity contribution in [3.8, 4) is 0 Å². The van der Waals surface area contributed by atoms with Gasteiger partial charge in [-0.25, -0.2) is 9.79 Å². The van der Waals surface area contributed by atoms with Crippen molar-refractivity contribution in [2.24, 2.45) is 4.99 Å². The Bertz CT molecular complexity index is 1670. The number of nitrogens with zero attached hydrogens (tertiary/aromatic N) is 3. The van der Waals surface area contributed by atoms with Crippen LogP contribution in [0.15, 0.2) is 88.3 Å². The van der Waals surface area contributed by atoms with Gasteiger partial charge in [0.25, 0.3) is 11.5 Å². The Morgan fingerprint density at radius 2 is 1.77 bits per heavy atom. The second-order valence-electron chi connectivity index (χ2n) is 9.96. The number of carbonyl (C=O) groups excluding carboxylic acids is 2. The summed E-state index contributed by atoms with van der Waals surface area (Å²) in [7, 11) is 0. The number of fused-ring (bicyclic) bond motifs is 2. The molecule has 0 saturated carbocycles. The Morgan fingerprint density at radius 1 is 1.05 bits per heavy atom. The van der Waals surface area contributed by atoms with E-state index in [-0.39, 0.29) is 18.1 Å². The molecule has 0 bridgehead atoms. The summed E-state index contributed by atoms with van der Waals surface area (Å²) in [4.78, 5) is 48.2. The molecule has 5 rings (SSSR count). The van der Waals surface area contributed by atoms with Crippen LogP contribution in [0.5, 0.6) is 0 Å². The molecule has 1 aromatic heterocycles. The fraction of sp³-hybridized carbons (Fsp3) is 0.312. The van der Waals surface area contributed by atoms with Crippen LogP contribution in [0.3, 0.4) is 0 Å². The molecule has 3 aromatic rings. The molecule has 206 valence electrons. The Hall–Kier alpha value is -4.04. The molecule has 8 heteroatoms. The molecule has 1 atom stereocenters. The van der Waals surface area contributed by atoms with E-state index < -0.39 is 12.0 Å². The van der Waals surface area contributed by atoms with Crippen molar-refractivity contribution in [2.75, 3.05) is 18.1 Å². The third-order valence-corrected chi connectivity index (χ3v) is 8.35. The van der Waals surface area contributed by atoms with Crippen LogP contribution in [-0.4, -0.2) is 29.6 Å². The Balaban J connectivity index is 1.65. The molecule has 0 spiro atoms. The van der Waals surface area contributed by atoms with E-state index in [2.05, 4.69) is 18.5 Å². The van der Waals surface area contributed by atoms with Gasteiger partial charge in [0, 0.05) is 12.1 Å². The molecule has 1 amide bonds. The number of benzene rings is 2. The number of allylic oxidation sites excluding steroid dienone is 1. The van der Waals surface area contributed by atoms with E-state index in [0.29, 0.717) is 32.7 Å². The van der Waals surface area contributed by atoms with Crippen LogP contribution in [0.1, 0.15) is 63.1 Å². The molecule has 0 unspecified atom stereocenters. The minimum atomic E-state index is -0.731. The fourth-order valence-corrected chi connectivity index (χ4v) is 6.53. The zero-order valence-corrected chi connectivity index (χ0v) is 23.7. The summed E-state index contributed by atoms with van der Waals surface area (Å²) >= 11 is 1.19. The molecule has 2 aromatic carbocycles. The van der Waals surface area contributed by atoms with Crippen LogP contribution in [0.4, 0.5) is 5.69 Å². The van der Waals surface area contributed by atoms with Crippen LogP contribution in [-0.2, 0) is 14.3 Å². The summed E-state index contributed by atoms with van der Waals surface area (Å²) in [5.74, 6) is -0.718. The van der Waals surface area contributed by atoms with E-state index in [1.165, 1.54) is 28.4 Å². The highest BCUT2D eigenvalue weighted by atomic mass is 32.1. The number of amides is 1. The van der Waals surface area contributed by atoms with Gasteiger partial charge in [-0.15, -0.1) is 0 Å². The van der Waals surface area contributed by atoms with Gasteiger partial charge < -0.3 is 9.64 Å². The lowest BCUT2D eigenvalue weighted by Gasteiger charge is -2.24. The first kappa shape index (κ1) is 27.5. The molecule has 40 heavy (non-hydrogen) atoms. The van der Waals surface area contributed by atoms with Crippen molar-refractivity contribution in [1.29, 1.82) is 0 Å². The van der Waals surface area contributed by atoms with Crippen molar-refractivity contribution in [3.63, 3.8) is 0 Å². The molecule has 0 N–H and O–H groups in total. The topological polar surface area (TPSA) is 81.0 Å². The molecule has 0 radical (unpaired) electrons. The summed E-state index contributed by atoms with van der Waals surface area (Å²) in [6, 6.07) is 16.3. The van der Waals surface area contributed by atoms with E-state index in [1.54, 1.807) is 11.8 Å². The Kier molecular flexibility index (Phi) is 8.26. The number of hydrogen-bond donors (Lipinski definition) is 0. The average molecular weight is 556 g/mol. The lowest BCUT2D eigenvalue weighted by molar-refractivity contribution is -0.138. The maximum absolute atomic E-state index is 14.2. The van der Waals surface area contributed by atoms with Crippen LogP contribution in [0.2, 0.25) is 0 Å². The van der Waals surface area contributed by atoms with Gasteiger partial charge in [-0.3, -0.25) is 14.2 Å². The molecule has 0 saturated heterocycles. The minimum Gasteiger partial charge on any atom is -0.458 e. The number of anilines is 1. The first-order valence-corrected chi connectivity index (χ1v) is 14.6. The number of para-hydroxylation sites is 1. The van der Waals surface area contributed by atoms with E-state index in [9.17, 15) is 14.4 Å². The van der Waals surface area contributed by atoms with E-state index in [1.807, 2.05) is 54.6 Å². The van der Waals surface area contributed by atoms with Crippen LogP contribution >= 0.6 is 11.3 Å². The van der Waals surface area contributed by atoms with Gasteiger partial charge in [0.2, 0.25) is 0 Å². The van der Waals surface area contributed by atoms with Gasteiger partial charge in [0.15, 0.2) is 4.80 Å². The van der Waals surface area contributed by atoms with Crippen molar-refractivity contribution < 1.29 is 14.3 Å². The van der Waals surface area contributed by atoms with Crippen molar-refractivity contribution >= 4 is 34.5 Å². The summed E-state index contributed by atoms with van der Waals surface area (Å²) in [6.45, 7) is 8.20. The SMILES string of the molecule is C=CCOC(=O)C1=C(C)N=c2s/c(=C3/C(=O)N(CCCCCCC)c4ccccc43)c(=O)n2[C@@H]1c1ccccc1. The smallest absolute Gasteiger partial charge is 0.338 e. The molecular weight excluding hydrogens is 522 g/mol. The number of unbranched alkanes of at least 4 members (excludes halogenated alkanes) is 4. The summed E-state index contributed by atoms with van der Waals surface area (Å²) < 4.78 is 7.26. The number of aromatic nitrogens is 1. The number of ether oxygens (including phenoxy) is 1. The van der Waals surface area contributed by atoms with Crippen molar-refractivity contribution in [1.82, 2.24) is 4.57 Å². The number of esters is 1. The standard InChI is InChI=1S/C32H33N3O4S/c1-4-6-7-8-14-19-34-24-18-13-12-17-23(24)26(29(34)36)28-30(37)35-27(22-15-10-9-11-16-22)25(31(38)39-20-5-2)21(3)33-32(35)40-28/h5,9-13,15-18,27H,2,4,6-8,14,19-20H2,1,3H3/b28-26+/t27-/m1/s1. The second kappa shape index (κ2) is 12.0. The van der Waals surface area contributed by atoms with Gasteiger partial charge in [-0.05, 0) is 25.0 Å². The van der Waals surface area contributed by atoms with Crippen LogP contribution in [0.25, 0.3) is 5.57 Å². The van der Waals surface area contributed by atoms with Gasteiger partial charge in [0.1, 0.15) is 11.1 Å². The maximum atomic E-state index is 14.2. The minimum absolute atomic E-state index is 0.0469. The van der Waals surface area contributed by atoms with Crippen LogP contribution in [0, 0.1) is 0 Å². The monoisotopic (exact) mass is 555 g/mol. The molecule has 3 heterocycles. The normalized spacial score (nSPS) is 17.4. The number of thiazole rings is 1. The van der Waals surface area contributed by atoms with Gasteiger partial charge in [0.05, 0.1) is 28.6 Å². The van der Waals surface area contributed by atoms with Crippen molar-refractivity contribution in [3.05, 3.63) is 109 Å². The van der Waals surface area contributed by atoms with E-state index in [0.717, 1.165) is 42.5 Å². The lowest BCUT2D eigenvalue weighted by atomic mass is 9.96. The Morgan fingerprint density at radius 3 is 2.52 bits per heavy atom. The predicted molar refractivity (Wildman–Crippen MR) is 158 cm³/mol. The zero-order chi connectivity index (χ0) is 28.2. The molecule has 2 aliphatic heterocycles. The third kappa shape index (κ3) is 4.99. The van der Waals surface area contributed by atoms with Gasteiger partial charge >= 0.3 is 5.97 Å². The molecule has 0 fully saturated rings. The molecule has 2 aliphatic rings. The highest BCUT2D eigenvalue weighted by Crippen LogP contribution is 2.36. The van der Waals surface area contributed by atoms with Crippen molar-refractivity contribution in [2.45, 2.75) is 52.0 Å². The first-order chi connectivity index (χ1) is 19.5. The maximum Gasteiger partial charge on any atom is 0.338 e. The predicted octanol–water partition coefficient (Wildman–Crippen LogP) is 4.65. The quantitative estimate of drug-likeness (QED) is 0.207. The largest absolute Gasteiger partial charge is 0.458 e. The number of carbonyl (C=O) groups is 2. The van der Waals surface area contributed by atoms with E-state index >= 15 is 0 Å². The molecule has 7 nitrogen and oxygen atoms in total. The van der Waals surface area contributed by atoms with Crippen LogP contribution < -0.4 is 19.8 Å².